The van der Waals surface area contributed by atoms with Gasteiger partial charge in [0.25, 0.3) is 0 Å². The summed E-state index contributed by atoms with van der Waals surface area (Å²) in [6, 6.07) is 0.875. The molecule has 3 saturated carbocycles. The summed E-state index contributed by atoms with van der Waals surface area (Å²) >= 11 is 0. The first kappa shape index (κ1) is 21.6. The van der Waals surface area contributed by atoms with Gasteiger partial charge in [0.05, 0.1) is 0 Å². The lowest BCUT2D eigenvalue weighted by Gasteiger charge is -2.27. The molecule has 0 aromatic rings. The fourth-order valence-corrected chi connectivity index (χ4v) is 5.53. The zero-order valence-corrected chi connectivity index (χ0v) is 17.8. The molecule has 4 unspecified atom stereocenters. The van der Waals surface area contributed by atoms with Crippen LogP contribution < -0.4 is 21.3 Å². The van der Waals surface area contributed by atoms with Gasteiger partial charge in [-0.3, -0.25) is 9.59 Å². The maximum Gasteiger partial charge on any atom is 0.223 e. The van der Waals surface area contributed by atoms with E-state index in [9.17, 15) is 9.59 Å². The molecule has 28 heavy (non-hydrogen) atoms. The van der Waals surface area contributed by atoms with E-state index in [2.05, 4.69) is 21.3 Å². The number of hydrogen-bond donors (Lipinski definition) is 4. The van der Waals surface area contributed by atoms with Gasteiger partial charge in [-0.05, 0) is 96.7 Å². The van der Waals surface area contributed by atoms with E-state index in [-0.39, 0.29) is 23.7 Å². The quantitative estimate of drug-likeness (QED) is 0.508. The Morgan fingerprint density at radius 1 is 0.714 bits per heavy atom. The fraction of sp³-hybridized carbons (Fsp3) is 0.909. The molecule has 3 aliphatic rings. The lowest BCUT2D eigenvalue weighted by atomic mass is 9.85. The molecule has 0 aromatic heterocycles. The third kappa shape index (κ3) is 5.93. The Morgan fingerprint density at radius 2 is 1.36 bits per heavy atom. The molecule has 6 nitrogen and oxygen atoms in total. The number of amides is 2. The van der Waals surface area contributed by atoms with Crippen LogP contribution in [0.15, 0.2) is 0 Å². The first-order chi connectivity index (χ1) is 13.6. The maximum atomic E-state index is 12.6. The molecule has 0 spiro atoms. The van der Waals surface area contributed by atoms with Crippen LogP contribution in [0.25, 0.3) is 0 Å². The maximum absolute atomic E-state index is 12.6. The van der Waals surface area contributed by atoms with Gasteiger partial charge in [0, 0.05) is 30.5 Å². The van der Waals surface area contributed by atoms with Crippen molar-refractivity contribution in [3.63, 3.8) is 0 Å². The third-order valence-electron chi connectivity index (χ3n) is 7.36. The minimum Gasteiger partial charge on any atom is -0.356 e. The summed E-state index contributed by atoms with van der Waals surface area (Å²) in [5.41, 5.74) is 0. The normalized spacial score (nSPS) is 35.6. The highest BCUT2D eigenvalue weighted by Crippen LogP contribution is 2.32. The number of hydrogen-bond acceptors (Lipinski definition) is 4. The summed E-state index contributed by atoms with van der Waals surface area (Å²) in [5.74, 6) is 2.04. The Bertz CT molecular complexity index is 519. The molecule has 6 heteroatoms. The molecule has 3 fully saturated rings. The van der Waals surface area contributed by atoms with Gasteiger partial charge in [0.1, 0.15) is 0 Å². The minimum atomic E-state index is 0.189. The van der Waals surface area contributed by atoms with E-state index >= 15 is 0 Å². The molecule has 0 saturated heterocycles. The van der Waals surface area contributed by atoms with Crippen LogP contribution in [-0.2, 0) is 9.59 Å². The van der Waals surface area contributed by atoms with Crippen molar-refractivity contribution in [1.29, 1.82) is 0 Å². The van der Waals surface area contributed by atoms with E-state index in [0.29, 0.717) is 23.9 Å². The number of nitrogens with one attached hydrogen (secondary N) is 4. The second-order valence-electron chi connectivity index (χ2n) is 9.40. The summed E-state index contributed by atoms with van der Waals surface area (Å²) in [5, 5.41) is 13.0. The van der Waals surface area contributed by atoms with Crippen LogP contribution in [0.5, 0.6) is 0 Å². The molecule has 4 N–H and O–H groups in total. The summed E-state index contributed by atoms with van der Waals surface area (Å²) in [7, 11) is 3.99. The van der Waals surface area contributed by atoms with Crippen LogP contribution in [0, 0.1) is 23.7 Å². The fourth-order valence-electron chi connectivity index (χ4n) is 5.53. The zero-order valence-electron chi connectivity index (χ0n) is 17.8. The number of rotatable bonds is 8. The largest absolute Gasteiger partial charge is 0.356 e. The predicted octanol–water partition coefficient (Wildman–Crippen LogP) is 1.80. The Kier molecular flexibility index (Phi) is 8.15. The Morgan fingerprint density at radius 3 is 2.07 bits per heavy atom. The average molecular weight is 393 g/mol. The van der Waals surface area contributed by atoms with E-state index in [0.717, 1.165) is 77.3 Å². The predicted molar refractivity (Wildman–Crippen MR) is 112 cm³/mol. The van der Waals surface area contributed by atoms with Gasteiger partial charge in [-0.15, -0.1) is 0 Å². The molecule has 0 bridgehead atoms. The molecular formula is C22H40N4O2. The zero-order chi connectivity index (χ0) is 19.9. The van der Waals surface area contributed by atoms with E-state index < -0.39 is 0 Å². The van der Waals surface area contributed by atoms with Crippen LogP contribution in [0.4, 0.5) is 0 Å². The van der Waals surface area contributed by atoms with Crippen LogP contribution in [0.1, 0.15) is 64.2 Å². The monoisotopic (exact) mass is 392 g/mol. The molecule has 0 radical (unpaired) electrons. The highest BCUT2D eigenvalue weighted by molar-refractivity contribution is 5.79. The second-order valence-corrected chi connectivity index (χ2v) is 9.40. The van der Waals surface area contributed by atoms with Gasteiger partial charge in [0.15, 0.2) is 0 Å². The highest BCUT2D eigenvalue weighted by Gasteiger charge is 2.33. The topological polar surface area (TPSA) is 82.3 Å². The molecular weight excluding hydrogens is 352 g/mol. The van der Waals surface area contributed by atoms with Crippen LogP contribution in [0.3, 0.4) is 0 Å². The lowest BCUT2D eigenvalue weighted by Crippen LogP contribution is -2.39. The van der Waals surface area contributed by atoms with Crippen molar-refractivity contribution in [3.05, 3.63) is 0 Å². The molecule has 0 aliphatic heterocycles. The van der Waals surface area contributed by atoms with E-state index in [1.54, 1.807) is 0 Å². The molecule has 4 atom stereocenters. The molecule has 3 rings (SSSR count). The van der Waals surface area contributed by atoms with Crippen molar-refractivity contribution in [2.24, 2.45) is 23.7 Å². The number of carbonyl (C=O) groups excluding carboxylic acids is 2. The first-order valence-electron chi connectivity index (χ1n) is 11.5. The van der Waals surface area contributed by atoms with Crippen LogP contribution in [0.2, 0.25) is 0 Å². The standard InChI is InChI=1S/C22H40N4O2/c1-23-13-15-3-5-18(11-15)22(28)26-20-8-4-16(12-20)14-25-21(27)17-6-9-19(24-2)10-7-17/h15-20,23-24H,3-14H2,1-2H3,(H,25,27)(H,26,28). The summed E-state index contributed by atoms with van der Waals surface area (Å²) in [6.07, 6.45) is 10.6. The van der Waals surface area contributed by atoms with Gasteiger partial charge >= 0.3 is 0 Å². The van der Waals surface area contributed by atoms with Crippen molar-refractivity contribution in [2.45, 2.75) is 76.3 Å². The SMILES string of the molecule is CNCC1CCC(C(=O)NC2CCC(CNC(=O)C3CCC(NC)CC3)C2)C1. The van der Waals surface area contributed by atoms with Crippen LogP contribution in [-0.4, -0.2) is 51.1 Å². The van der Waals surface area contributed by atoms with Gasteiger partial charge in [-0.1, -0.05) is 0 Å². The Balaban J connectivity index is 1.32. The summed E-state index contributed by atoms with van der Waals surface area (Å²) in [6.45, 7) is 1.79. The van der Waals surface area contributed by atoms with Crippen molar-refractivity contribution < 1.29 is 9.59 Å². The van der Waals surface area contributed by atoms with Gasteiger partial charge in [-0.25, -0.2) is 0 Å². The van der Waals surface area contributed by atoms with Crippen LogP contribution >= 0.6 is 0 Å². The van der Waals surface area contributed by atoms with Crippen molar-refractivity contribution in [2.75, 3.05) is 27.2 Å². The van der Waals surface area contributed by atoms with Gasteiger partial charge < -0.3 is 21.3 Å². The van der Waals surface area contributed by atoms with Gasteiger partial charge in [0.2, 0.25) is 11.8 Å². The average Bonchev–Trinajstić information content (AvgIpc) is 3.36. The Hall–Kier alpha value is -1.14. The molecule has 3 aliphatic carbocycles. The molecule has 2 amide bonds. The third-order valence-corrected chi connectivity index (χ3v) is 7.36. The summed E-state index contributed by atoms with van der Waals surface area (Å²) in [4.78, 5) is 25.0. The highest BCUT2D eigenvalue weighted by atomic mass is 16.2. The van der Waals surface area contributed by atoms with Gasteiger partial charge in [-0.2, -0.15) is 0 Å². The smallest absolute Gasteiger partial charge is 0.223 e. The molecule has 160 valence electrons. The van der Waals surface area contributed by atoms with E-state index in [1.807, 2.05) is 14.1 Å². The number of carbonyl (C=O) groups is 2. The van der Waals surface area contributed by atoms with Crippen molar-refractivity contribution in [1.82, 2.24) is 21.3 Å². The molecule has 0 heterocycles. The summed E-state index contributed by atoms with van der Waals surface area (Å²) < 4.78 is 0. The molecule has 0 aromatic carbocycles. The van der Waals surface area contributed by atoms with Crippen molar-refractivity contribution in [3.8, 4) is 0 Å². The van der Waals surface area contributed by atoms with Crippen molar-refractivity contribution >= 4 is 11.8 Å². The second kappa shape index (κ2) is 10.6. The lowest BCUT2D eigenvalue weighted by molar-refractivity contribution is -0.127. The van der Waals surface area contributed by atoms with E-state index in [1.165, 1.54) is 0 Å². The first-order valence-corrected chi connectivity index (χ1v) is 11.5. The Labute approximate surface area is 170 Å². The van der Waals surface area contributed by atoms with E-state index in [4.69, 9.17) is 0 Å². The minimum absolute atomic E-state index is 0.189.